The highest BCUT2D eigenvalue weighted by Crippen LogP contribution is 2.11. The number of halogens is 1. The Balaban J connectivity index is 1.78. The number of anilines is 1. The third-order valence-corrected chi connectivity index (χ3v) is 3.71. The first-order chi connectivity index (χ1) is 13.0. The van der Waals surface area contributed by atoms with Crippen molar-refractivity contribution in [3.05, 3.63) is 65.5 Å². The van der Waals surface area contributed by atoms with Crippen molar-refractivity contribution in [3.8, 4) is 0 Å². The van der Waals surface area contributed by atoms with Crippen LogP contribution < -0.4 is 10.6 Å². The zero-order valence-electron chi connectivity index (χ0n) is 15.3. The van der Waals surface area contributed by atoms with Crippen molar-refractivity contribution in [3.63, 3.8) is 0 Å². The van der Waals surface area contributed by atoms with E-state index in [0.29, 0.717) is 17.8 Å². The van der Waals surface area contributed by atoms with Crippen LogP contribution in [-0.2, 0) is 21.0 Å². The SMILES string of the molecule is CCC(=O)Nc1ccc(C(C)=NOCC(=O)NCc2ccc(F)cc2)cc1. The summed E-state index contributed by atoms with van der Waals surface area (Å²) < 4.78 is 12.8. The summed E-state index contributed by atoms with van der Waals surface area (Å²) >= 11 is 0. The maximum Gasteiger partial charge on any atom is 0.261 e. The lowest BCUT2D eigenvalue weighted by Crippen LogP contribution is -2.26. The van der Waals surface area contributed by atoms with E-state index in [9.17, 15) is 14.0 Å². The number of rotatable bonds is 8. The van der Waals surface area contributed by atoms with Crippen LogP contribution in [0.5, 0.6) is 0 Å². The second-order valence-electron chi connectivity index (χ2n) is 5.83. The summed E-state index contributed by atoms with van der Waals surface area (Å²) in [7, 11) is 0. The number of benzene rings is 2. The molecule has 0 saturated carbocycles. The summed E-state index contributed by atoms with van der Waals surface area (Å²) in [4.78, 5) is 28.2. The van der Waals surface area contributed by atoms with Gasteiger partial charge in [-0.1, -0.05) is 36.3 Å². The molecule has 7 heteroatoms. The lowest BCUT2D eigenvalue weighted by molar-refractivity contribution is -0.125. The van der Waals surface area contributed by atoms with E-state index in [1.165, 1.54) is 12.1 Å². The van der Waals surface area contributed by atoms with E-state index >= 15 is 0 Å². The third-order valence-electron chi connectivity index (χ3n) is 3.71. The lowest BCUT2D eigenvalue weighted by Gasteiger charge is -2.06. The van der Waals surface area contributed by atoms with Crippen LogP contribution in [0.4, 0.5) is 10.1 Å². The Hall–Kier alpha value is -3.22. The first kappa shape index (κ1) is 20.1. The fourth-order valence-corrected chi connectivity index (χ4v) is 2.14. The molecule has 0 fully saturated rings. The second-order valence-corrected chi connectivity index (χ2v) is 5.83. The van der Waals surface area contributed by atoms with E-state index in [-0.39, 0.29) is 30.8 Å². The van der Waals surface area contributed by atoms with E-state index in [0.717, 1.165) is 11.1 Å². The van der Waals surface area contributed by atoms with Crippen LogP contribution in [-0.4, -0.2) is 24.1 Å². The predicted octanol–water partition coefficient (Wildman–Crippen LogP) is 3.23. The minimum Gasteiger partial charge on any atom is -0.385 e. The van der Waals surface area contributed by atoms with Crippen LogP contribution in [0.15, 0.2) is 53.7 Å². The Morgan fingerprint density at radius 3 is 2.33 bits per heavy atom. The van der Waals surface area contributed by atoms with E-state index in [1.54, 1.807) is 38.1 Å². The summed E-state index contributed by atoms with van der Waals surface area (Å²) in [5, 5.41) is 9.36. The van der Waals surface area contributed by atoms with Crippen molar-refractivity contribution < 1.29 is 18.8 Å². The van der Waals surface area contributed by atoms with Gasteiger partial charge in [-0.3, -0.25) is 9.59 Å². The van der Waals surface area contributed by atoms with Crippen molar-refractivity contribution in [2.24, 2.45) is 5.16 Å². The van der Waals surface area contributed by atoms with Gasteiger partial charge in [0.1, 0.15) is 5.82 Å². The van der Waals surface area contributed by atoms with Gasteiger partial charge in [-0.25, -0.2) is 4.39 Å². The van der Waals surface area contributed by atoms with Crippen LogP contribution in [0, 0.1) is 5.82 Å². The molecule has 0 aromatic heterocycles. The number of nitrogens with one attached hydrogen (secondary N) is 2. The Bertz CT molecular complexity index is 802. The second kappa shape index (κ2) is 10.1. The van der Waals surface area contributed by atoms with Gasteiger partial charge >= 0.3 is 0 Å². The van der Waals surface area contributed by atoms with Gasteiger partial charge in [0.2, 0.25) is 5.91 Å². The fraction of sp³-hybridized carbons (Fsp3) is 0.250. The normalized spacial score (nSPS) is 11.0. The molecular formula is C20H22FN3O3. The quantitative estimate of drug-likeness (QED) is 0.552. The maximum absolute atomic E-state index is 12.8. The summed E-state index contributed by atoms with van der Waals surface area (Å²) in [6.07, 6.45) is 0.416. The number of amides is 2. The van der Waals surface area contributed by atoms with E-state index in [1.807, 2.05) is 12.1 Å². The van der Waals surface area contributed by atoms with E-state index in [4.69, 9.17) is 4.84 Å². The number of hydrogen-bond donors (Lipinski definition) is 2. The Morgan fingerprint density at radius 1 is 1.04 bits per heavy atom. The molecule has 142 valence electrons. The van der Waals surface area contributed by atoms with Gasteiger partial charge in [-0.15, -0.1) is 0 Å². The average molecular weight is 371 g/mol. The van der Waals surface area contributed by atoms with Crippen LogP contribution in [0.1, 0.15) is 31.4 Å². The molecule has 0 atom stereocenters. The molecule has 2 amide bonds. The Morgan fingerprint density at radius 2 is 1.70 bits per heavy atom. The molecule has 6 nitrogen and oxygen atoms in total. The smallest absolute Gasteiger partial charge is 0.261 e. The van der Waals surface area contributed by atoms with Gasteiger partial charge in [0.05, 0.1) is 5.71 Å². The molecule has 0 aliphatic heterocycles. The molecule has 0 heterocycles. The molecule has 2 N–H and O–H groups in total. The molecule has 0 spiro atoms. The van der Waals surface area contributed by atoms with Crippen molar-refractivity contribution in [1.29, 1.82) is 0 Å². The van der Waals surface area contributed by atoms with Gasteiger partial charge in [0, 0.05) is 18.7 Å². The van der Waals surface area contributed by atoms with Gasteiger partial charge in [0.15, 0.2) is 6.61 Å². The van der Waals surface area contributed by atoms with Crippen molar-refractivity contribution in [1.82, 2.24) is 5.32 Å². The lowest BCUT2D eigenvalue weighted by atomic mass is 10.1. The molecule has 27 heavy (non-hydrogen) atoms. The maximum atomic E-state index is 12.8. The van der Waals surface area contributed by atoms with E-state index < -0.39 is 0 Å². The first-order valence-corrected chi connectivity index (χ1v) is 8.56. The fourth-order valence-electron chi connectivity index (χ4n) is 2.14. The number of carbonyl (C=O) groups excluding carboxylic acids is 2. The molecule has 0 aliphatic rings. The highest BCUT2D eigenvalue weighted by molar-refractivity contribution is 5.99. The van der Waals surface area contributed by atoms with Crippen LogP contribution >= 0.6 is 0 Å². The summed E-state index contributed by atoms with van der Waals surface area (Å²) in [6, 6.07) is 13.0. The van der Waals surface area contributed by atoms with Crippen LogP contribution in [0.25, 0.3) is 0 Å². The standard InChI is InChI=1S/C20H22FN3O3/c1-3-19(25)23-18-10-6-16(7-11-18)14(2)24-27-13-20(26)22-12-15-4-8-17(21)9-5-15/h4-11H,3,12-13H2,1-2H3,(H,22,26)(H,23,25). The highest BCUT2D eigenvalue weighted by Gasteiger charge is 2.04. The Kier molecular flexibility index (Phi) is 7.49. The Labute approximate surface area is 157 Å². The van der Waals surface area contributed by atoms with E-state index in [2.05, 4.69) is 15.8 Å². The zero-order chi connectivity index (χ0) is 19.6. The number of oxime groups is 1. The van der Waals surface area contributed by atoms with Crippen molar-refractivity contribution in [2.75, 3.05) is 11.9 Å². The third kappa shape index (κ3) is 6.89. The summed E-state index contributed by atoms with van der Waals surface area (Å²) in [5.41, 5.74) is 2.92. The number of nitrogens with zero attached hydrogens (tertiary/aromatic N) is 1. The van der Waals surface area contributed by atoms with Crippen molar-refractivity contribution in [2.45, 2.75) is 26.8 Å². The molecular weight excluding hydrogens is 349 g/mol. The molecule has 0 radical (unpaired) electrons. The van der Waals surface area contributed by atoms with Crippen molar-refractivity contribution >= 4 is 23.2 Å². The largest absolute Gasteiger partial charge is 0.385 e. The van der Waals surface area contributed by atoms with Gasteiger partial charge in [-0.05, 0) is 42.3 Å². The average Bonchev–Trinajstić information content (AvgIpc) is 2.68. The van der Waals surface area contributed by atoms with Crippen LogP contribution in [0.2, 0.25) is 0 Å². The van der Waals surface area contributed by atoms with Gasteiger partial charge in [-0.2, -0.15) is 0 Å². The molecule has 0 bridgehead atoms. The topological polar surface area (TPSA) is 79.8 Å². The summed E-state index contributed by atoms with van der Waals surface area (Å²) in [6.45, 7) is 3.61. The highest BCUT2D eigenvalue weighted by atomic mass is 19.1. The number of carbonyl (C=O) groups is 2. The number of hydrogen-bond acceptors (Lipinski definition) is 4. The molecule has 2 rings (SSSR count). The minimum atomic E-state index is -0.325. The first-order valence-electron chi connectivity index (χ1n) is 8.56. The van der Waals surface area contributed by atoms with Gasteiger partial charge in [0.25, 0.3) is 5.91 Å². The molecule has 0 unspecified atom stereocenters. The van der Waals surface area contributed by atoms with Crippen LogP contribution in [0.3, 0.4) is 0 Å². The molecule has 2 aromatic rings. The molecule has 0 saturated heterocycles. The monoisotopic (exact) mass is 371 g/mol. The predicted molar refractivity (Wildman–Crippen MR) is 102 cm³/mol. The summed E-state index contributed by atoms with van der Waals surface area (Å²) in [5.74, 6) is -0.698. The van der Waals surface area contributed by atoms with Gasteiger partial charge < -0.3 is 15.5 Å². The molecule has 2 aromatic carbocycles. The zero-order valence-corrected chi connectivity index (χ0v) is 15.3. The minimum absolute atomic E-state index is 0.0527. The molecule has 0 aliphatic carbocycles.